The molecule has 1 aromatic carbocycles. The van der Waals surface area contributed by atoms with Crippen LogP contribution < -0.4 is 10.6 Å². The summed E-state index contributed by atoms with van der Waals surface area (Å²) in [6, 6.07) is 5.97. The first kappa shape index (κ1) is 18.3. The Morgan fingerprint density at radius 3 is 2.29 bits per heavy atom. The van der Waals surface area contributed by atoms with Crippen molar-refractivity contribution < 1.29 is 13.2 Å². The summed E-state index contributed by atoms with van der Waals surface area (Å²) in [5.41, 5.74) is -0.0904. The van der Waals surface area contributed by atoms with Gasteiger partial charge in [0.1, 0.15) is 5.82 Å². The molecular formula is C16H18ClF3N4. The van der Waals surface area contributed by atoms with Gasteiger partial charge in [0.15, 0.2) is 5.69 Å². The highest BCUT2D eigenvalue weighted by atomic mass is 35.5. The van der Waals surface area contributed by atoms with Crippen LogP contribution in [0, 0.1) is 6.92 Å². The summed E-state index contributed by atoms with van der Waals surface area (Å²) in [5.74, 6) is -0.0612. The molecule has 0 radical (unpaired) electrons. The fourth-order valence-corrected chi connectivity index (χ4v) is 2.09. The van der Waals surface area contributed by atoms with E-state index < -0.39 is 17.4 Å². The number of rotatable bonds is 3. The molecule has 2 N–H and O–H groups in total. The van der Waals surface area contributed by atoms with Gasteiger partial charge < -0.3 is 10.6 Å². The molecule has 1 aromatic heterocycles. The molecule has 8 heteroatoms. The number of hydrogen-bond acceptors (Lipinski definition) is 4. The zero-order chi connectivity index (χ0) is 18.1. The third kappa shape index (κ3) is 4.99. The number of aromatic nitrogens is 2. The van der Waals surface area contributed by atoms with Gasteiger partial charge in [-0.1, -0.05) is 17.7 Å². The summed E-state index contributed by atoms with van der Waals surface area (Å²) >= 11 is 5.94. The maximum Gasteiger partial charge on any atom is 0.433 e. The van der Waals surface area contributed by atoms with E-state index in [1.165, 1.54) is 0 Å². The molecule has 0 aliphatic rings. The highest BCUT2D eigenvalue weighted by Gasteiger charge is 2.34. The number of alkyl halides is 3. The first-order valence-corrected chi connectivity index (χ1v) is 7.59. The van der Waals surface area contributed by atoms with Crippen molar-refractivity contribution in [3.8, 4) is 0 Å². The molecule has 0 fully saturated rings. The van der Waals surface area contributed by atoms with Crippen LogP contribution in [0.3, 0.4) is 0 Å². The first-order valence-electron chi connectivity index (χ1n) is 7.22. The Morgan fingerprint density at radius 1 is 1.04 bits per heavy atom. The molecule has 1 heterocycles. The van der Waals surface area contributed by atoms with Crippen LogP contribution in [0.15, 0.2) is 24.3 Å². The standard InChI is InChI=1S/C16H18ClF3N4/c1-9-5-6-10(17)7-11(9)21-13-8-12(16(18,19)20)22-14(23-13)24-15(2,3)4/h5-8H,1-4H3,(H2,21,22,23,24). The molecule has 130 valence electrons. The van der Waals surface area contributed by atoms with E-state index in [4.69, 9.17) is 11.6 Å². The fourth-order valence-electron chi connectivity index (χ4n) is 1.91. The third-order valence-corrected chi connectivity index (χ3v) is 3.20. The lowest BCUT2D eigenvalue weighted by molar-refractivity contribution is -0.141. The average Bonchev–Trinajstić information content (AvgIpc) is 2.40. The van der Waals surface area contributed by atoms with Gasteiger partial charge in [-0.2, -0.15) is 18.2 Å². The summed E-state index contributed by atoms with van der Waals surface area (Å²) < 4.78 is 39.3. The number of anilines is 3. The molecule has 0 atom stereocenters. The van der Waals surface area contributed by atoms with E-state index in [1.807, 2.05) is 27.7 Å². The number of nitrogens with zero attached hydrogens (tertiary/aromatic N) is 2. The third-order valence-electron chi connectivity index (χ3n) is 2.97. The molecule has 4 nitrogen and oxygen atoms in total. The van der Waals surface area contributed by atoms with Crippen molar-refractivity contribution in [1.82, 2.24) is 9.97 Å². The van der Waals surface area contributed by atoms with Crippen LogP contribution in [-0.4, -0.2) is 15.5 Å². The molecule has 2 rings (SSSR count). The summed E-state index contributed by atoms with van der Waals surface area (Å²) in [6.07, 6.45) is -4.57. The van der Waals surface area contributed by atoms with Gasteiger partial charge in [-0.3, -0.25) is 0 Å². The van der Waals surface area contributed by atoms with Crippen LogP contribution in [0.25, 0.3) is 0 Å². The van der Waals surface area contributed by atoms with Crippen molar-refractivity contribution in [1.29, 1.82) is 0 Å². The van der Waals surface area contributed by atoms with Crippen molar-refractivity contribution in [2.45, 2.75) is 39.4 Å². The molecule has 0 saturated heterocycles. The van der Waals surface area contributed by atoms with Gasteiger partial charge in [0.05, 0.1) is 0 Å². The quantitative estimate of drug-likeness (QED) is 0.770. The van der Waals surface area contributed by atoms with E-state index in [9.17, 15) is 13.2 Å². The van der Waals surface area contributed by atoms with E-state index in [2.05, 4.69) is 20.6 Å². The van der Waals surface area contributed by atoms with Crippen LogP contribution in [-0.2, 0) is 6.18 Å². The number of halogens is 4. The molecule has 0 bridgehead atoms. The van der Waals surface area contributed by atoms with Crippen molar-refractivity contribution in [2.24, 2.45) is 0 Å². The summed E-state index contributed by atoms with van der Waals surface area (Å²) in [4.78, 5) is 7.68. The second-order valence-electron chi connectivity index (χ2n) is 6.42. The van der Waals surface area contributed by atoms with Crippen molar-refractivity contribution >= 4 is 29.1 Å². The Labute approximate surface area is 143 Å². The predicted molar refractivity (Wildman–Crippen MR) is 89.9 cm³/mol. The van der Waals surface area contributed by atoms with Crippen LogP contribution in [0.1, 0.15) is 32.0 Å². The van der Waals surface area contributed by atoms with Crippen molar-refractivity contribution in [2.75, 3.05) is 10.6 Å². The SMILES string of the molecule is Cc1ccc(Cl)cc1Nc1cc(C(F)(F)F)nc(NC(C)(C)C)n1. The monoisotopic (exact) mass is 358 g/mol. The number of nitrogens with one attached hydrogen (secondary N) is 2. The smallest absolute Gasteiger partial charge is 0.350 e. The number of benzene rings is 1. The minimum absolute atomic E-state index is 0.0365. The molecule has 0 aliphatic heterocycles. The Kier molecular flexibility index (Phi) is 4.94. The van der Waals surface area contributed by atoms with E-state index in [1.54, 1.807) is 18.2 Å². The largest absolute Gasteiger partial charge is 0.433 e. The highest BCUT2D eigenvalue weighted by molar-refractivity contribution is 6.30. The lowest BCUT2D eigenvalue weighted by Crippen LogP contribution is -2.28. The molecule has 0 spiro atoms. The van der Waals surface area contributed by atoms with Gasteiger partial charge in [-0.05, 0) is 45.4 Å². The first-order chi connectivity index (χ1) is 10.9. The van der Waals surface area contributed by atoms with Gasteiger partial charge in [0, 0.05) is 22.3 Å². The van der Waals surface area contributed by atoms with Crippen molar-refractivity contribution in [3.63, 3.8) is 0 Å². The molecule has 24 heavy (non-hydrogen) atoms. The lowest BCUT2D eigenvalue weighted by atomic mass is 10.1. The van der Waals surface area contributed by atoms with Crippen LogP contribution in [0.2, 0.25) is 5.02 Å². The minimum Gasteiger partial charge on any atom is -0.350 e. The molecule has 0 unspecified atom stereocenters. The zero-order valence-electron chi connectivity index (χ0n) is 13.7. The summed E-state index contributed by atoms with van der Waals surface area (Å²) in [7, 11) is 0. The Bertz CT molecular complexity index is 739. The van der Waals surface area contributed by atoms with E-state index in [0.717, 1.165) is 11.6 Å². The average molecular weight is 359 g/mol. The van der Waals surface area contributed by atoms with Crippen LogP contribution >= 0.6 is 11.6 Å². The number of hydrogen-bond donors (Lipinski definition) is 2. The summed E-state index contributed by atoms with van der Waals surface area (Å²) in [5, 5.41) is 6.21. The van der Waals surface area contributed by atoms with E-state index in [-0.39, 0.29) is 11.8 Å². The lowest BCUT2D eigenvalue weighted by Gasteiger charge is -2.22. The molecular weight excluding hydrogens is 341 g/mol. The van der Waals surface area contributed by atoms with Gasteiger partial charge in [-0.25, -0.2) is 4.98 Å². The van der Waals surface area contributed by atoms with E-state index >= 15 is 0 Å². The van der Waals surface area contributed by atoms with Crippen molar-refractivity contribution in [3.05, 3.63) is 40.5 Å². The highest BCUT2D eigenvalue weighted by Crippen LogP contribution is 2.31. The van der Waals surface area contributed by atoms with Gasteiger partial charge >= 0.3 is 6.18 Å². The topological polar surface area (TPSA) is 49.8 Å². The molecule has 0 saturated carbocycles. The predicted octanol–water partition coefficient (Wildman–Crippen LogP) is 5.41. The van der Waals surface area contributed by atoms with Gasteiger partial charge in [0.2, 0.25) is 5.95 Å². The van der Waals surface area contributed by atoms with Crippen LogP contribution in [0.5, 0.6) is 0 Å². The Hall–Kier alpha value is -2.02. The zero-order valence-corrected chi connectivity index (χ0v) is 14.5. The minimum atomic E-state index is -4.57. The summed E-state index contributed by atoms with van der Waals surface area (Å²) in [6.45, 7) is 7.25. The maximum absolute atomic E-state index is 13.1. The normalized spacial score (nSPS) is 12.2. The van der Waals surface area contributed by atoms with E-state index in [0.29, 0.717) is 10.7 Å². The molecule has 0 amide bonds. The van der Waals surface area contributed by atoms with Crippen LogP contribution in [0.4, 0.5) is 30.6 Å². The Morgan fingerprint density at radius 2 is 1.71 bits per heavy atom. The van der Waals surface area contributed by atoms with Gasteiger partial charge in [-0.15, -0.1) is 0 Å². The van der Waals surface area contributed by atoms with Gasteiger partial charge in [0.25, 0.3) is 0 Å². The number of aryl methyl sites for hydroxylation is 1. The molecule has 2 aromatic rings. The second kappa shape index (κ2) is 6.47. The second-order valence-corrected chi connectivity index (χ2v) is 6.86. The maximum atomic E-state index is 13.1. The fraction of sp³-hybridized carbons (Fsp3) is 0.375. The Balaban J connectivity index is 2.44. The molecule has 0 aliphatic carbocycles.